The van der Waals surface area contributed by atoms with Crippen LogP contribution >= 0.6 is 11.8 Å². The van der Waals surface area contributed by atoms with Gasteiger partial charge in [-0.15, -0.1) is 0 Å². The minimum Gasteiger partial charge on any atom is -0.397 e. The second-order valence-electron chi connectivity index (χ2n) is 4.06. The van der Waals surface area contributed by atoms with Crippen molar-refractivity contribution >= 4 is 23.4 Å². The smallest absolute Gasteiger partial charge is 0.253 e. The number of rotatable bonds is 5. The number of nitrogens with zero attached hydrogens (tertiary/aromatic N) is 1. The number of anilines is 1. The second-order valence-corrected chi connectivity index (χ2v) is 5.04. The Hall–Kier alpha value is -1.23. The minimum atomic E-state index is -0.101. The van der Waals surface area contributed by atoms with Crippen molar-refractivity contribution in [3.05, 3.63) is 23.5 Å². The Morgan fingerprint density at radius 1 is 1.65 bits per heavy atom. The van der Waals surface area contributed by atoms with E-state index in [0.717, 1.165) is 12.2 Å². The van der Waals surface area contributed by atoms with Gasteiger partial charge in [0.2, 0.25) is 0 Å². The van der Waals surface area contributed by atoms with Crippen LogP contribution in [-0.2, 0) is 0 Å². The van der Waals surface area contributed by atoms with Crippen molar-refractivity contribution in [1.29, 1.82) is 0 Å². The Bertz CT molecular complexity index is 395. The highest BCUT2D eigenvalue weighted by Gasteiger charge is 2.12. The average molecular weight is 253 g/mol. The van der Waals surface area contributed by atoms with E-state index in [9.17, 15) is 4.79 Å². The number of amides is 1. The summed E-state index contributed by atoms with van der Waals surface area (Å²) >= 11 is 1.77. The number of aryl methyl sites for hydroxylation is 1. The summed E-state index contributed by atoms with van der Waals surface area (Å²) in [7, 11) is 0. The third-order valence-electron chi connectivity index (χ3n) is 2.49. The Morgan fingerprint density at radius 3 is 3.00 bits per heavy atom. The van der Waals surface area contributed by atoms with Gasteiger partial charge in [-0.2, -0.15) is 11.8 Å². The van der Waals surface area contributed by atoms with Crippen LogP contribution in [0.1, 0.15) is 29.4 Å². The highest BCUT2D eigenvalue weighted by molar-refractivity contribution is 7.98. The van der Waals surface area contributed by atoms with Crippen LogP contribution in [0, 0.1) is 6.92 Å². The molecular formula is C12H19N3OS. The molecule has 5 heteroatoms. The molecule has 0 aromatic carbocycles. The molecule has 0 saturated carbocycles. The molecule has 1 heterocycles. The third-order valence-corrected chi connectivity index (χ3v) is 3.13. The van der Waals surface area contributed by atoms with Gasteiger partial charge in [0.25, 0.3) is 5.91 Å². The fourth-order valence-corrected chi connectivity index (χ4v) is 2.04. The topological polar surface area (TPSA) is 68.0 Å². The minimum absolute atomic E-state index is 0.101. The van der Waals surface area contributed by atoms with Gasteiger partial charge in [-0.1, -0.05) is 0 Å². The van der Waals surface area contributed by atoms with E-state index in [1.54, 1.807) is 30.9 Å². The molecule has 0 bridgehead atoms. The number of hydrogen-bond acceptors (Lipinski definition) is 4. The molecule has 0 spiro atoms. The number of pyridine rings is 1. The van der Waals surface area contributed by atoms with Crippen molar-refractivity contribution in [2.75, 3.05) is 17.7 Å². The summed E-state index contributed by atoms with van der Waals surface area (Å²) < 4.78 is 0. The summed E-state index contributed by atoms with van der Waals surface area (Å²) in [5.41, 5.74) is 7.40. The van der Waals surface area contributed by atoms with E-state index >= 15 is 0 Å². The van der Waals surface area contributed by atoms with Crippen molar-refractivity contribution in [2.45, 2.75) is 26.3 Å². The second kappa shape index (κ2) is 6.49. The molecule has 0 fully saturated rings. The molecule has 17 heavy (non-hydrogen) atoms. The average Bonchev–Trinajstić information content (AvgIpc) is 2.29. The number of carbonyl (C=O) groups is 1. The van der Waals surface area contributed by atoms with Gasteiger partial charge >= 0.3 is 0 Å². The number of nitrogen functional groups attached to an aromatic ring is 1. The lowest BCUT2D eigenvalue weighted by atomic mass is 10.1. The van der Waals surface area contributed by atoms with Gasteiger partial charge in [-0.25, -0.2) is 0 Å². The van der Waals surface area contributed by atoms with Crippen molar-refractivity contribution < 1.29 is 4.79 Å². The number of nitrogens with two attached hydrogens (primary N) is 1. The van der Waals surface area contributed by atoms with Crippen molar-refractivity contribution in [3.8, 4) is 0 Å². The Kier molecular flexibility index (Phi) is 5.28. The summed E-state index contributed by atoms with van der Waals surface area (Å²) in [6.07, 6.45) is 4.57. The van der Waals surface area contributed by atoms with Crippen LogP contribution in [0.4, 0.5) is 5.69 Å². The van der Waals surface area contributed by atoms with Gasteiger partial charge in [-0.3, -0.25) is 9.78 Å². The van der Waals surface area contributed by atoms with Gasteiger partial charge in [-0.05, 0) is 38.3 Å². The molecule has 0 radical (unpaired) electrons. The number of aromatic nitrogens is 1. The predicted octanol–water partition coefficient (Wildman–Crippen LogP) is 1.84. The van der Waals surface area contributed by atoms with Crippen LogP contribution in [0.5, 0.6) is 0 Å². The van der Waals surface area contributed by atoms with E-state index in [2.05, 4.69) is 16.6 Å². The molecule has 1 aromatic rings. The van der Waals surface area contributed by atoms with Crippen LogP contribution < -0.4 is 11.1 Å². The Labute approximate surface area is 106 Å². The Morgan fingerprint density at radius 2 is 2.35 bits per heavy atom. The largest absolute Gasteiger partial charge is 0.397 e. The quantitative estimate of drug-likeness (QED) is 0.840. The van der Waals surface area contributed by atoms with Gasteiger partial charge in [0.05, 0.1) is 23.1 Å². The van der Waals surface area contributed by atoms with Gasteiger partial charge < -0.3 is 11.1 Å². The first-order chi connectivity index (χ1) is 8.04. The summed E-state index contributed by atoms with van der Waals surface area (Å²) in [4.78, 5) is 16.1. The molecular weight excluding hydrogens is 234 g/mol. The molecule has 1 amide bonds. The van der Waals surface area contributed by atoms with Crippen LogP contribution in [0.2, 0.25) is 0 Å². The fraction of sp³-hybridized carbons (Fsp3) is 0.500. The number of thioether (sulfide) groups is 1. The third kappa shape index (κ3) is 4.26. The van der Waals surface area contributed by atoms with Crippen LogP contribution in [0.3, 0.4) is 0 Å². The first-order valence-corrected chi connectivity index (χ1v) is 6.96. The maximum absolute atomic E-state index is 12.0. The van der Waals surface area contributed by atoms with E-state index in [1.807, 2.05) is 6.92 Å². The molecule has 0 aliphatic heterocycles. The molecule has 0 aliphatic carbocycles. The molecule has 1 unspecified atom stereocenters. The van der Waals surface area contributed by atoms with Crippen molar-refractivity contribution in [2.24, 2.45) is 0 Å². The molecule has 1 aromatic heterocycles. The van der Waals surface area contributed by atoms with Crippen LogP contribution in [0.15, 0.2) is 12.3 Å². The van der Waals surface area contributed by atoms with E-state index in [1.165, 1.54) is 0 Å². The zero-order valence-electron chi connectivity index (χ0n) is 10.5. The predicted molar refractivity (Wildman–Crippen MR) is 73.3 cm³/mol. The lowest BCUT2D eigenvalue weighted by molar-refractivity contribution is 0.0938. The first-order valence-electron chi connectivity index (χ1n) is 5.56. The SMILES string of the molecule is CSCCC(C)NC(=O)c1cc(N)cnc1C. The lowest BCUT2D eigenvalue weighted by Gasteiger charge is -2.14. The number of hydrogen-bond donors (Lipinski definition) is 2. The molecule has 4 nitrogen and oxygen atoms in total. The van der Waals surface area contributed by atoms with Gasteiger partial charge in [0, 0.05) is 6.04 Å². The highest BCUT2D eigenvalue weighted by atomic mass is 32.2. The van der Waals surface area contributed by atoms with Gasteiger partial charge in [0.1, 0.15) is 0 Å². The standard InChI is InChI=1S/C12H19N3OS/c1-8(4-5-17-3)15-12(16)11-6-10(13)7-14-9(11)2/h6-8H,4-5,13H2,1-3H3,(H,15,16). The fourth-order valence-electron chi connectivity index (χ4n) is 1.45. The summed E-state index contributed by atoms with van der Waals surface area (Å²) in [6.45, 7) is 3.81. The zero-order chi connectivity index (χ0) is 12.8. The van der Waals surface area contributed by atoms with E-state index in [0.29, 0.717) is 16.9 Å². The normalized spacial score (nSPS) is 12.2. The van der Waals surface area contributed by atoms with Crippen molar-refractivity contribution in [1.82, 2.24) is 10.3 Å². The molecule has 1 atom stereocenters. The highest BCUT2D eigenvalue weighted by Crippen LogP contribution is 2.10. The van der Waals surface area contributed by atoms with E-state index in [4.69, 9.17) is 5.73 Å². The van der Waals surface area contributed by atoms with Crippen LogP contribution in [0.25, 0.3) is 0 Å². The molecule has 0 saturated heterocycles. The van der Waals surface area contributed by atoms with Crippen LogP contribution in [-0.4, -0.2) is 28.9 Å². The summed E-state index contributed by atoms with van der Waals surface area (Å²) in [5.74, 6) is 0.936. The number of nitrogens with one attached hydrogen (secondary N) is 1. The van der Waals surface area contributed by atoms with E-state index in [-0.39, 0.29) is 11.9 Å². The summed E-state index contributed by atoms with van der Waals surface area (Å²) in [6, 6.07) is 1.83. The zero-order valence-corrected chi connectivity index (χ0v) is 11.3. The van der Waals surface area contributed by atoms with Gasteiger partial charge in [0.15, 0.2) is 0 Å². The molecule has 3 N–H and O–H groups in total. The summed E-state index contributed by atoms with van der Waals surface area (Å²) in [5, 5.41) is 2.95. The lowest BCUT2D eigenvalue weighted by Crippen LogP contribution is -2.33. The maximum Gasteiger partial charge on any atom is 0.253 e. The maximum atomic E-state index is 12.0. The molecule has 1 rings (SSSR count). The first kappa shape index (κ1) is 13.8. The molecule has 0 aliphatic rings. The van der Waals surface area contributed by atoms with E-state index < -0.39 is 0 Å². The molecule has 94 valence electrons. The monoisotopic (exact) mass is 253 g/mol. The number of carbonyl (C=O) groups excluding carboxylic acids is 1. The van der Waals surface area contributed by atoms with Crippen molar-refractivity contribution in [3.63, 3.8) is 0 Å². The Balaban J connectivity index is 2.66.